The minimum Gasteiger partial charge on any atom is -0.393 e. The molecule has 0 aromatic heterocycles. The van der Waals surface area contributed by atoms with Gasteiger partial charge < -0.3 is 14.2 Å². The lowest BCUT2D eigenvalue weighted by molar-refractivity contribution is -0.274. The topological polar surface area (TPSA) is 68.2 Å². The van der Waals surface area contributed by atoms with Gasteiger partial charge in [0.15, 0.2) is 0 Å². The largest absolute Gasteiger partial charge is 0.393 e. The van der Waals surface area contributed by atoms with E-state index >= 15 is 0 Å². The molecule has 0 amide bonds. The van der Waals surface area contributed by atoms with Crippen molar-refractivity contribution in [2.24, 2.45) is 5.41 Å². The maximum atomic E-state index is 13.8. The van der Waals surface area contributed by atoms with Crippen molar-refractivity contribution >= 4 is 7.60 Å². The normalized spacial score (nSPS) is 15.6. The van der Waals surface area contributed by atoms with Crippen molar-refractivity contribution in [2.45, 2.75) is 72.8 Å². The summed E-state index contributed by atoms with van der Waals surface area (Å²) in [5.74, 6) is -0.669. The minimum atomic E-state index is -3.54. The van der Waals surface area contributed by atoms with Crippen molar-refractivity contribution < 1.29 is 23.6 Å². The van der Waals surface area contributed by atoms with Gasteiger partial charge in [-0.25, -0.2) is 0 Å². The van der Waals surface area contributed by atoms with Gasteiger partial charge >= 0.3 is 7.60 Å². The average Bonchev–Trinajstić information content (AvgIpc) is 2.57. The summed E-state index contributed by atoms with van der Waals surface area (Å²) in [5, 5.41) is 11.7. The summed E-state index contributed by atoms with van der Waals surface area (Å²) in [7, 11) is -3.54. The van der Waals surface area contributed by atoms with Gasteiger partial charge in [0.2, 0.25) is 0 Å². The molecule has 0 aliphatic rings. The second-order valence-corrected chi connectivity index (χ2v) is 10.9. The SMILES string of the molecule is CCOP(=O)(OCC)C(N(OC(CO)c1ccccc1)C(C)(C)C)C(C)(C)C. The number of hydrogen-bond donors (Lipinski definition) is 1. The summed E-state index contributed by atoms with van der Waals surface area (Å²) in [5.41, 5.74) is -0.164. The molecule has 0 aliphatic heterocycles. The predicted octanol–water partition coefficient (Wildman–Crippen LogP) is 5.39. The van der Waals surface area contributed by atoms with Crippen molar-refractivity contribution in [1.82, 2.24) is 5.06 Å². The van der Waals surface area contributed by atoms with Crippen LogP contribution in [-0.2, 0) is 18.5 Å². The number of aliphatic hydroxyl groups is 1. The van der Waals surface area contributed by atoms with Gasteiger partial charge in [-0.3, -0.25) is 9.40 Å². The number of nitrogens with zero attached hydrogens (tertiary/aromatic N) is 1. The van der Waals surface area contributed by atoms with Gasteiger partial charge in [0.1, 0.15) is 11.9 Å². The van der Waals surface area contributed by atoms with Crippen LogP contribution in [-0.4, -0.2) is 41.3 Å². The Bertz CT molecular complexity index is 614. The molecule has 7 heteroatoms. The molecule has 0 aliphatic carbocycles. The van der Waals surface area contributed by atoms with Crippen LogP contribution in [0.3, 0.4) is 0 Å². The first-order valence-electron chi connectivity index (χ1n) is 9.91. The number of hydroxylamine groups is 2. The highest BCUT2D eigenvalue weighted by Gasteiger charge is 2.51. The molecule has 1 aromatic rings. The monoisotopic (exact) mass is 415 g/mol. The highest BCUT2D eigenvalue weighted by atomic mass is 31.2. The van der Waals surface area contributed by atoms with Crippen molar-refractivity contribution in [1.29, 1.82) is 0 Å². The Hall–Kier alpha value is -0.750. The maximum absolute atomic E-state index is 13.8. The summed E-state index contributed by atoms with van der Waals surface area (Å²) >= 11 is 0. The van der Waals surface area contributed by atoms with E-state index in [0.29, 0.717) is 0 Å². The summed E-state index contributed by atoms with van der Waals surface area (Å²) in [6, 6.07) is 9.51. The quantitative estimate of drug-likeness (QED) is 0.408. The van der Waals surface area contributed by atoms with Crippen LogP contribution in [0.2, 0.25) is 0 Å². The van der Waals surface area contributed by atoms with Crippen molar-refractivity contribution in [3.63, 3.8) is 0 Å². The highest BCUT2D eigenvalue weighted by molar-refractivity contribution is 7.54. The molecule has 6 nitrogen and oxygen atoms in total. The van der Waals surface area contributed by atoms with Crippen LogP contribution in [0.5, 0.6) is 0 Å². The first-order valence-corrected chi connectivity index (χ1v) is 11.5. The third-order valence-electron chi connectivity index (χ3n) is 4.15. The van der Waals surface area contributed by atoms with Gasteiger partial charge in [-0.1, -0.05) is 51.1 Å². The van der Waals surface area contributed by atoms with E-state index in [4.69, 9.17) is 13.9 Å². The van der Waals surface area contributed by atoms with Crippen LogP contribution in [0, 0.1) is 5.41 Å². The van der Waals surface area contributed by atoms with Gasteiger partial charge in [0, 0.05) is 5.54 Å². The summed E-state index contributed by atoms with van der Waals surface area (Å²) < 4.78 is 25.2. The molecule has 0 radical (unpaired) electrons. The molecule has 2 unspecified atom stereocenters. The Morgan fingerprint density at radius 3 is 1.86 bits per heavy atom. The molecule has 0 saturated heterocycles. The van der Waals surface area contributed by atoms with Gasteiger partial charge in [-0.15, -0.1) is 0 Å². The van der Waals surface area contributed by atoms with E-state index in [-0.39, 0.29) is 19.8 Å². The Labute approximate surface area is 170 Å². The second-order valence-electron chi connectivity index (χ2n) is 8.80. The second kappa shape index (κ2) is 10.3. The number of hydrogen-bond acceptors (Lipinski definition) is 6. The van der Waals surface area contributed by atoms with Crippen LogP contribution >= 0.6 is 7.60 Å². The van der Waals surface area contributed by atoms with E-state index in [1.807, 2.05) is 71.9 Å². The predicted molar refractivity (Wildman–Crippen MR) is 113 cm³/mol. The van der Waals surface area contributed by atoms with E-state index in [2.05, 4.69) is 0 Å². The van der Waals surface area contributed by atoms with Gasteiger partial charge in [-0.2, -0.15) is 5.06 Å². The third-order valence-corrected chi connectivity index (χ3v) is 6.97. The molecular formula is C21H38NO5P. The maximum Gasteiger partial charge on any atom is 0.350 e. The zero-order valence-electron chi connectivity index (χ0n) is 18.6. The number of aliphatic hydroxyl groups excluding tert-OH is 1. The standard InChI is InChI=1S/C21H38NO5P/c1-9-25-28(24,26-10-2)19(20(3,4)5)22(21(6,7)8)27-18(16-23)17-14-12-11-13-15-17/h11-15,18-19,23H,9-10,16H2,1-8H3. The summed E-state index contributed by atoms with van der Waals surface area (Å²) in [4.78, 5) is 6.33. The zero-order chi connectivity index (χ0) is 21.6. The molecule has 2 atom stereocenters. The minimum absolute atomic E-state index is 0.207. The molecule has 162 valence electrons. The third kappa shape index (κ3) is 6.65. The van der Waals surface area contributed by atoms with Crippen molar-refractivity contribution in [3.05, 3.63) is 35.9 Å². The number of benzene rings is 1. The van der Waals surface area contributed by atoms with E-state index < -0.39 is 30.4 Å². The van der Waals surface area contributed by atoms with Gasteiger partial charge in [0.05, 0.1) is 19.8 Å². The molecule has 1 rings (SSSR count). The molecule has 0 bridgehead atoms. The Morgan fingerprint density at radius 1 is 1.00 bits per heavy atom. The fourth-order valence-corrected chi connectivity index (χ4v) is 5.76. The lowest BCUT2D eigenvalue weighted by Crippen LogP contribution is -2.54. The van der Waals surface area contributed by atoms with Crippen molar-refractivity contribution in [3.8, 4) is 0 Å². The number of rotatable bonds is 10. The molecule has 0 saturated carbocycles. The molecule has 0 heterocycles. The Balaban J connectivity index is 3.45. The summed E-state index contributed by atoms with van der Waals surface area (Å²) in [6.45, 7) is 15.8. The first-order chi connectivity index (χ1) is 12.9. The first kappa shape index (κ1) is 25.3. The molecular weight excluding hydrogens is 377 g/mol. The molecule has 1 aromatic carbocycles. The fourth-order valence-electron chi connectivity index (χ4n) is 3.08. The van der Waals surface area contributed by atoms with Crippen molar-refractivity contribution in [2.75, 3.05) is 19.8 Å². The van der Waals surface area contributed by atoms with Crippen LogP contribution in [0.25, 0.3) is 0 Å². The smallest absolute Gasteiger partial charge is 0.350 e. The van der Waals surface area contributed by atoms with E-state index in [1.165, 1.54) is 0 Å². The molecule has 1 N–H and O–H groups in total. The van der Waals surface area contributed by atoms with Gasteiger partial charge in [0.25, 0.3) is 0 Å². The summed E-state index contributed by atoms with van der Waals surface area (Å²) in [6.07, 6.45) is -0.595. The zero-order valence-corrected chi connectivity index (χ0v) is 19.5. The lowest BCUT2D eigenvalue weighted by atomic mass is 9.94. The Morgan fingerprint density at radius 2 is 1.50 bits per heavy atom. The van der Waals surface area contributed by atoms with Gasteiger partial charge in [-0.05, 0) is 45.6 Å². The van der Waals surface area contributed by atoms with Crippen LogP contribution in [0.1, 0.15) is 67.1 Å². The molecule has 0 fully saturated rings. The van der Waals surface area contributed by atoms with E-state index in [9.17, 15) is 9.67 Å². The van der Waals surface area contributed by atoms with E-state index in [0.717, 1.165) is 5.56 Å². The van der Waals surface area contributed by atoms with Crippen LogP contribution in [0.4, 0.5) is 0 Å². The van der Waals surface area contributed by atoms with Crippen LogP contribution < -0.4 is 0 Å². The molecule has 28 heavy (non-hydrogen) atoms. The highest BCUT2D eigenvalue weighted by Crippen LogP contribution is 2.61. The van der Waals surface area contributed by atoms with Crippen LogP contribution in [0.15, 0.2) is 30.3 Å². The Kier molecular flexibility index (Phi) is 9.33. The lowest BCUT2D eigenvalue weighted by Gasteiger charge is -2.48. The molecule has 0 spiro atoms. The van der Waals surface area contributed by atoms with E-state index in [1.54, 1.807) is 18.9 Å². The average molecular weight is 416 g/mol. The fraction of sp³-hybridized carbons (Fsp3) is 0.714.